The molecule has 0 atom stereocenters. The Bertz CT molecular complexity index is 621. The van der Waals surface area contributed by atoms with E-state index >= 15 is 0 Å². The molecule has 0 spiro atoms. The molecule has 0 amide bonds. The third-order valence-corrected chi connectivity index (χ3v) is 2.29. The van der Waals surface area contributed by atoms with Crippen LogP contribution in [0.1, 0.15) is 10.6 Å². The van der Waals surface area contributed by atoms with Crippen LogP contribution >= 0.6 is 11.6 Å². The summed E-state index contributed by atoms with van der Waals surface area (Å²) in [6.45, 7) is 0. The minimum Gasteiger partial charge on any atom is -0.463 e. The summed E-state index contributed by atoms with van der Waals surface area (Å²) in [5, 5.41) is 0.769. The van der Waals surface area contributed by atoms with Gasteiger partial charge in [0, 0.05) is 5.02 Å². The molecule has 2 rings (SSSR count). The first-order chi connectivity index (χ1) is 7.61. The molecule has 0 fully saturated rings. The van der Waals surface area contributed by atoms with E-state index in [9.17, 15) is 9.59 Å². The summed E-state index contributed by atoms with van der Waals surface area (Å²) in [5.74, 6) is -0.809. The van der Waals surface area contributed by atoms with Gasteiger partial charge in [-0.05, 0) is 18.2 Å². The van der Waals surface area contributed by atoms with Crippen molar-refractivity contribution in [1.29, 1.82) is 0 Å². The molecule has 1 aromatic carbocycles. The van der Waals surface area contributed by atoms with E-state index in [2.05, 4.69) is 14.7 Å². The molecule has 82 valence electrons. The van der Waals surface area contributed by atoms with E-state index in [0.29, 0.717) is 15.9 Å². The van der Waals surface area contributed by atoms with Gasteiger partial charge >= 0.3 is 5.97 Å². The van der Waals surface area contributed by atoms with Crippen molar-refractivity contribution in [2.75, 3.05) is 7.11 Å². The van der Waals surface area contributed by atoms with E-state index in [1.807, 2.05) is 0 Å². The van der Waals surface area contributed by atoms with Crippen molar-refractivity contribution < 1.29 is 9.53 Å². The Morgan fingerprint density at radius 1 is 1.50 bits per heavy atom. The number of nitrogens with one attached hydrogen (secondary N) is 1. The van der Waals surface area contributed by atoms with Crippen LogP contribution in [0.3, 0.4) is 0 Å². The summed E-state index contributed by atoms with van der Waals surface area (Å²) in [6.07, 6.45) is 0. The van der Waals surface area contributed by atoms with Gasteiger partial charge in [0.25, 0.3) is 5.56 Å². The number of aromatic amines is 1. The Morgan fingerprint density at radius 3 is 2.94 bits per heavy atom. The van der Waals surface area contributed by atoms with Crippen molar-refractivity contribution >= 4 is 28.5 Å². The Kier molecular flexibility index (Phi) is 2.62. The van der Waals surface area contributed by atoms with Crippen LogP contribution in [0.4, 0.5) is 0 Å². The molecular formula is C10H7ClN2O3. The minimum atomic E-state index is -0.686. The number of benzene rings is 1. The van der Waals surface area contributed by atoms with E-state index in [1.54, 1.807) is 12.1 Å². The fraction of sp³-hybridized carbons (Fsp3) is 0.100. The van der Waals surface area contributed by atoms with E-state index < -0.39 is 11.5 Å². The molecule has 2 aromatic rings. The lowest BCUT2D eigenvalue weighted by Gasteiger charge is -2.01. The van der Waals surface area contributed by atoms with Gasteiger partial charge in [0.1, 0.15) is 0 Å². The fourth-order valence-corrected chi connectivity index (χ4v) is 1.49. The number of carbonyl (C=O) groups is 1. The van der Waals surface area contributed by atoms with Crippen molar-refractivity contribution in [3.05, 3.63) is 39.4 Å². The second kappa shape index (κ2) is 3.94. The zero-order valence-electron chi connectivity index (χ0n) is 8.28. The van der Waals surface area contributed by atoms with Gasteiger partial charge in [-0.2, -0.15) is 4.98 Å². The van der Waals surface area contributed by atoms with Crippen LogP contribution in [0.15, 0.2) is 23.0 Å². The number of carbonyl (C=O) groups excluding carboxylic acids is 1. The largest absolute Gasteiger partial charge is 0.463 e. The highest BCUT2D eigenvalue weighted by atomic mass is 35.5. The van der Waals surface area contributed by atoms with Gasteiger partial charge in [0.05, 0.1) is 18.0 Å². The highest BCUT2D eigenvalue weighted by Crippen LogP contribution is 2.14. The lowest BCUT2D eigenvalue weighted by molar-refractivity contribution is 0.0587. The number of hydrogen-bond acceptors (Lipinski definition) is 4. The average molecular weight is 239 g/mol. The number of rotatable bonds is 1. The van der Waals surface area contributed by atoms with Crippen molar-refractivity contribution in [3.63, 3.8) is 0 Å². The summed E-state index contributed by atoms with van der Waals surface area (Å²) in [6, 6.07) is 4.71. The maximum atomic E-state index is 11.6. The SMILES string of the molecule is COC(=O)c1nc(=O)c2cc(Cl)ccc2[nH]1. The lowest BCUT2D eigenvalue weighted by Crippen LogP contribution is -2.16. The molecule has 1 N–H and O–H groups in total. The molecule has 0 radical (unpaired) electrons. The number of fused-ring (bicyclic) bond motifs is 1. The van der Waals surface area contributed by atoms with E-state index in [4.69, 9.17) is 11.6 Å². The van der Waals surface area contributed by atoms with Crippen molar-refractivity contribution in [2.45, 2.75) is 0 Å². The lowest BCUT2D eigenvalue weighted by atomic mass is 10.2. The number of methoxy groups -OCH3 is 1. The van der Waals surface area contributed by atoms with Crippen molar-refractivity contribution in [1.82, 2.24) is 9.97 Å². The second-order valence-electron chi connectivity index (χ2n) is 3.07. The quantitative estimate of drug-likeness (QED) is 0.762. The highest BCUT2D eigenvalue weighted by molar-refractivity contribution is 6.31. The van der Waals surface area contributed by atoms with E-state index in [0.717, 1.165) is 0 Å². The number of nitrogens with zero attached hydrogens (tertiary/aromatic N) is 1. The third-order valence-electron chi connectivity index (χ3n) is 2.06. The average Bonchev–Trinajstić information content (AvgIpc) is 2.28. The normalized spacial score (nSPS) is 10.4. The van der Waals surface area contributed by atoms with Crippen LogP contribution in [0.2, 0.25) is 5.02 Å². The summed E-state index contributed by atoms with van der Waals surface area (Å²) in [5.41, 5.74) is -0.0264. The van der Waals surface area contributed by atoms with Crippen LogP contribution < -0.4 is 5.56 Å². The van der Waals surface area contributed by atoms with Gasteiger partial charge in [-0.1, -0.05) is 11.6 Å². The number of ether oxygens (including phenoxy) is 1. The number of halogens is 1. The van der Waals surface area contributed by atoms with Crippen LogP contribution in [0.5, 0.6) is 0 Å². The maximum absolute atomic E-state index is 11.6. The molecule has 0 saturated carbocycles. The summed E-state index contributed by atoms with van der Waals surface area (Å²) in [7, 11) is 1.22. The Morgan fingerprint density at radius 2 is 2.25 bits per heavy atom. The smallest absolute Gasteiger partial charge is 0.374 e. The molecule has 0 aliphatic rings. The maximum Gasteiger partial charge on any atom is 0.374 e. The molecular weight excluding hydrogens is 232 g/mol. The molecule has 0 saturated heterocycles. The Labute approximate surface area is 95.0 Å². The first-order valence-electron chi connectivity index (χ1n) is 4.39. The molecule has 16 heavy (non-hydrogen) atoms. The Balaban J connectivity index is 2.73. The molecule has 1 heterocycles. The summed E-state index contributed by atoms with van der Waals surface area (Å²) in [4.78, 5) is 29.0. The van der Waals surface area contributed by atoms with Gasteiger partial charge in [0.15, 0.2) is 0 Å². The number of hydrogen-bond donors (Lipinski definition) is 1. The van der Waals surface area contributed by atoms with Crippen LogP contribution in [0, 0.1) is 0 Å². The third kappa shape index (κ3) is 1.77. The number of esters is 1. The minimum absolute atomic E-state index is 0.123. The van der Waals surface area contributed by atoms with E-state index in [1.165, 1.54) is 13.2 Å². The van der Waals surface area contributed by atoms with Crippen molar-refractivity contribution in [3.8, 4) is 0 Å². The molecule has 0 aliphatic carbocycles. The highest BCUT2D eigenvalue weighted by Gasteiger charge is 2.11. The second-order valence-corrected chi connectivity index (χ2v) is 3.51. The monoisotopic (exact) mass is 238 g/mol. The zero-order valence-corrected chi connectivity index (χ0v) is 9.04. The van der Waals surface area contributed by atoms with Crippen LogP contribution in [0.25, 0.3) is 10.9 Å². The first kappa shape index (κ1) is 10.6. The summed E-state index contributed by atoms with van der Waals surface area (Å²) < 4.78 is 4.47. The molecule has 6 heteroatoms. The van der Waals surface area contributed by atoms with Gasteiger partial charge in [-0.15, -0.1) is 0 Å². The molecule has 0 aliphatic heterocycles. The molecule has 5 nitrogen and oxygen atoms in total. The van der Waals surface area contributed by atoms with Gasteiger partial charge in [-0.25, -0.2) is 4.79 Å². The topological polar surface area (TPSA) is 72.0 Å². The first-order valence-corrected chi connectivity index (χ1v) is 4.77. The molecule has 0 bridgehead atoms. The summed E-state index contributed by atoms with van der Waals surface area (Å²) >= 11 is 5.75. The fourth-order valence-electron chi connectivity index (χ4n) is 1.31. The van der Waals surface area contributed by atoms with Gasteiger partial charge in [0.2, 0.25) is 5.82 Å². The Hall–Kier alpha value is -1.88. The predicted octanol–water partition coefficient (Wildman–Crippen LogP) is 1.36. The zero-order chi connectivity index (χ0) is 11.7. The van der Waals surface area contributed by atoms with Crippen LogP contribution in [-0.4, -0.2) is 23.0 Å². The number of H-pyrrole nitrogens is 1. The molecule has 0 unspecified atom stereocenters. The van der Waals surface area contributed by atoms with E-state index in [-0.39, 0.29) is 5.82 Å². The van der Waals surface area contributed by atoms with Gasteiger partial charge < -0.3 is 9.72 Å². The predicted molar refractivity (Wildman–Crippen MR) is 58.7 cm³/mol. The molecule has 1 aromatic heterocycles. The number of aromatic nitrogens is 2. The standard InChI is InChI=1S/C10H7ClN2O3/c1-16-10(15)8-12-7-3-2-5(11)4-6(7)9(14)13-8/h2-4H,1H3,(H,12,13,14). The van der Waals surface area contributed by atoms with Gasteiger partial charge in [-0.3, -0.25) is 4.79 Å². The van der Waals surface area contributed by atoms with Crippen molar-refractivity contribution in [2.24, 2.45) is 0 Å². The van der Waals surface area contributed by atoms with Crippen LogP contribution in [-0.2, 0) is 4.74 Å².